The molecular weight excluding hydrogens is 382 g/mol. The van der Waals surface area contributed by atoms with Crippen molar-refractivity contribution < 1.29 is 9.84 Å². The predicted octanol–water partition coefficient (Wildman–Crippen LogP) is 6.39. The number of allylic oxidation sites excluding steroid dienone is 1. The number of hydrogen-bond acceptors (Lipinski definition) is 3. The van der Waals surface area contributed by atoms with Crippen molar-refractivity contribution in [2.75, 3.05) is 7.11 Å². The highest BCUT2D eigenvalue weighted by atomic mass is 16.5. The molecule has 3 rings (SSSR count). The molecule has 0 aliphatic carbocycles. The first-order valence-corrected chi connectivity index (χ1v) is 10.4. The minimum atomic E-state index is 0.282. The molecule has 1 unspecified atom stereocenters. The standard InChI is InChI=1S/C28H27NO2/c1-21(31-2)26-16-13-22(14-17-26)7-8-24(15-18-27-5-3-4-6-28(27)30)19-23-9-11-25(20-29)12-10-23/h3-6,9-18,24,30H,1,7-8,19H2,2H3/b18-15+. The molecule has 0 aliphatic heterocycles. The van der Waals surface area contributed by atoms with Gasteiger partial charge in [0.05, 0.1) is 18.7 Å². The van der Waals surface area contributed by atoms with Crippen LogP contribution in [0.2, 0.25) is 0 Å². The van der Waals surface area contributed by atoms with Gasteiger partial charge >= 0.3 is 0 Å². The van der Waals surface area contributed by atoms with Crippen LogP contribution in [0, 0.1) is 17.2 Å². The largest absolute Gasteiger partial charge is 0.507 e. The molecule has 3 aromatic rings. The van der Waals surface area contributed by atoms with Crippen molar-refractivity contribution in [3.8, 4) is 11.8 Å². The zero-order chi connectivity index (χ0) is 22.1. The Balaban J connectivity index is 1.73. The molecule has 3 nitrogen and oxygen atoms in total. The van der Waals surface area contributed by atoms with Crippen molar-refractivity contribution in [2.45, 2.75) is 19.3 Å². The molecule has 0 bridgehead atoms. The highest BCUT2D eigenvalue weighted by Gasteiger charge is 2.09. The van der Waals surface area contributed by atoms with E-state index < -0.39 is 0 Å². The van der Waals surface area contributed by atoms with Gasteiger partial charge in [-0.05, 0) is 54.5 Å². The lowest BCUT2D eigenvalue weighted by atomic mass is 9.91. The van der Waals surface area contributed by atoms with Crippen molar-refractivity contribution in [1.82, 2.24) is 0 Å². The number of methoxy groups -OCH3 is 1. The first-order chi connectivity index (χ1) is 15.1. The lowest BCUT2D eigenvalue weighted by Crippen LogP contribution is -2.04. The van der Waals surface area contributed by atoms with E-state index in [9.17, 15) is 5.11 Å². The number of nitriles is 1. The average molecular weight is 410 g/mol. The van der Waals surface area contributed by atoms with E-state index in [0.29, 0.717) is 17.2 Å². The van der Waals surface area contributed by atoms with Crippen molar-refractivity contribution in [3.05, 3.63) is 113 Å². The summed E-state index contributed by atoms with van der Waals surface area (Å²) in [7, 11) is 1.63. The summed E-state index contributed by atoms with van der Waals surface area (Å²) in [5.74, 6) is 1.24. The summed E-state index contributed by atoms with van der Waals surface area (Å²) in [5.41, 5.74) is 4.92. The van der Waals surface area contributed by atoms with Crippen LogP contribution in [-0.2, 0) is 17.6 Å². The molecule has 0 amide bonds. The third-order valence-electron chi connectivity index (χ3n) is 5.39. The Bertz CT molecular complexity index is 1070. The summed E-state index contributed by atoms with van der Waals surface area (Å²) in [5, 5.41) is 19.1. The summed E-state index contributed by atoms with van der Waals surface area (Å²) in [6.07, 6.45) is 6.94. The minimum Gasteiger partial charge on any atom is -0.507 e. The maximum atomic E-state index is 10.1. The van der Waals surface area contributed by atoms with Crippen LogP contribution in [0.25, 0.3) is 11.8 Å². The van der Waals surface area contributed by atoms with Gasteiger partial charge in [-0.1, -0.05) is 73.3 Å². The number of phenols is 1. The van der Waals surface area contributed by atoms with Gasteiger partial charge in [0.25, 0.3) is 0 Å². The molecule has 0 saturated heterocycles. The highest BCUT2D eigenvalue weighted by molar-refractivity contribution is 5.58. The second-order valence-corrected chi connectivity index (χ2v) is 7.55. The van der Waals surface area contributed by atoms with E-state index >= 15 is 0 Å². The molecule has 1 atom stereocenters. The van der Waals surface area contributed by atoms with Crippen LogP contribution in [0.15, 0.2) is 85.5 Å². The van der Waals surface area contributed by atoms with E-state index in [-0.39, 0.29) is 5.75 Å². The van der Waals surface area contributed by atoms with E-state index in [1.54, 1.807) is 13.2 Å². The number of aromatic hydroxyl groups is 1. The second kappa shape index (κ2) is 10.8. The summed E-state index contributed by atoms with van der Waals surface area (Å²) >= 11 is 0. The van der Waals surface area contributed by atoms with Crippen molar-refractivity contribution in [1.29, 1.82) is 5.26 Å². The van der Waals surface area contributed by atoms with Crippen LogP contribution in [0.5, 0.6) is 5.75 Å². The molecular formula is C28H27NO2. The summed E-state index contributed by atoms with van der Waals surface area (Å²) in [6.45, 7) is 3.89. The van der Waals surface area contributed by atoms with Crippen molar-refractivity contribution in [2.24, 2.45) is 5.92 Å². The zero-order valence-corrected chi connectivity index (χ0v) is 17.8. The number of phenolic OH excluding ortho intramolecular Hbond substituents is 1. The van der Waals surface area contributed by atoms with Crippen LogP contribution in [0.1, 0.15) is 34.2 Å². The Morgan fingerprint density at radius 1 is 1.03 bits per heavy atom. The number of rotatable bonds is 9. The molecule has 0 aromatic heterocycles. The normalized spacial score (nSPS) is 11.7. The maximum absolute atomic E-state index is 10.1. The smallest absolute Gasteiger partial charge is 0.122 e. The van der Waals surface area contributed by atoms with Gasteiger partial charge in [-0.2, -0.15) is 5.26 Å². The quantitative estimate of drug-likeness (QED) is 0.417. The Kier molecular flexibility index (Phi) is 7.67. The Hall–Kier alpha value is -3.77. The maximum Gasteiger partial charge on any atom is 0.122 e. The molecule has 156 valence electrons. The fourth-order valence-electron chi connectivity index (χ4n) is 3.48. The Morgan fingerprint density at radius 3 is 2.35 bits per heavy atom. The van der Waals surface area contributed by atoms with Gasteiger partial charge in [0.2, 0.25) is 0 Å². The van der Waals surface area contributed by atoms with E-state index in [0.717, 1.165) is 30.4 Å². The van der Waals surface area contributed by atoms with Gasteiger partial charge in [0, 0.05) is 11.1 Å². The monoisotopic (exact) mass is 409 g/mol. The van der Waals surface area contributed by atoms with Crippen LogP contribution < -0.4 is 0 Å². The number of nitrogens with zero attached hydrogens (tertiary/aromatic N) is 1. The minimum absolute atomic E-state index is 0.282. The van der Waals surface area contributed by atoms with Crippen LogP contribution in [-0.4, -0.2) is 12.2 Å². The molecule has 1 N–H and O–H groups in total. The fraction of sp³-hybridized carbons (Fsp3) is 0.179. The number of ether oxygens (including phenoxy) is 1. The lowest BCUT2D eigenvalue weighted by Gasteiger charge is -2.14. The average Bonchev–Trinajstić information content (AvgIpc) is 2.82. The summed E-state index contributed by atoms with van der Waals surface area (Å²) < 4.78 is 5.20. The summed E-state index contributed by atoms with van der Waals surface area (Å²) in [6, 6.07) is 25.6. The van der Waals surface area contributed by atoms with Crippen molar-refractivity contribution >= 4 is 11.8 Å². The van der Waals surface area contributed by atoms with Crippen LogP contribution >= 0.6 is 0 Å². The lowest BCUT2D eigenvalue weighted by molar-refractivity contribution is 0.371. The molecule has 0 spiro atoms. The number of aryl methyl sites for hydroxylation is 1. The van der Waals surface area contributed by atoms with E-state index in [1.165, 1.54) is 11.1 Å². The summed E-state index contributed by atoms with van der Waals surface area (Å²) in [4.78, 5) is 0. The SMILES string of the molecule is C=C(OC)c1ccc(CCC(/C=C/c2ccccc2O)Cc2ccc(C#N)cc2)cc1. The van der Waals surface area contributed by atoms with Crippen LogP contribution in [0.4, 0.5) is 0 Å². The van der Waals surface area contributed by atoms with Gasteiger partial charge in [-0.25, -0.2) is 0 Å². The number of para-hydroxylation sites is 1. The predicted molar refractivity (Wildman–Crippen MR) is 126 cm³/mol. The second-order valence-electron chi connectivity index (χ2n) is 7.55. The molecule has 0 fully saturated rings. The Labute approximate surface area is 184 Å². The van der Waals surface area contributed by atoms with Gasteiger partial charge in [0.1, 0.15) is 11.5 Å². The van der Waals surface area contributed by atoms with Gasteiger partial charge in [-0.15, -0.1) is 0 Å². The van der Waals surface area contributed by atoms with Crippen molar-refractivity contribution in [3.63, 3.8) is 0 Å². The molecule has 0 heterocycles. The zero-order valence-electron chi connectivity index (χ0n) is 17.8. The van der Waals surface area contributed by atoms with E-state index in [4.69, 9.17) is 10.00 Å². The highest BCUT2D eigenvalue weighted by Crippen LogP contribution is 2.23. The van der Waals surface area contributed by atoms with E-state index in [1.807, 2.05) is 60.7 Å². The topological polar surface area (TPSA) is 53.2 Å². The molecule has 0 saturated carbocycles. The third kappa shape index (κ3) is 6.35. The van der Waals surface area contributed by atoms with Gasteiger partial charge in [0.15, 0.2) is 0 Å². The fourth-order valence-corrected chi connectivity index (χ4v) is 3.48. The molecule has 31 heavy (non-hydrogen) atoms. The third-order valence-corrected chi connectivity index (χ3v) is 5.39. The van der Waals surface area contributed by atoms with Crippen LogP contribution in [0.3, 0.4) is 0 Å². The van der Waals surface area contributed by atoms with E-state index in [2.05, 4.69) is 30.9 Å². The molecule has 0 aliphatic rings. The molecule has 0 radical (unpaired) electrons. The Morgan fingerprint density at radius 2 is 1.71 bits per heavy atom. The molecule has 3 heteroatoms. The van der Waals surface area contributed by atoms with Gasteiger partial charge in [-0.3, -0.25) is 0 Å². The number of hydrogen-bond donors (Lipinski definition) is 1. The first kappa shape index (κ1) is 21.9. The van der Waals surface area contributed by atoms with Gasteiger partial charge < -0.3 is 9.84 Å². The number of benzene rings is 3. The first-order valence-electron chi connectivity index (χ1n) is 10.4. The molecule has 3 aromatic carbocycles.